The van der Waals surface area contributed by atoms with Crippen molar-refractivity contribution in [1.29, 1.82) is 0 Å². The molecule has 0 aromatic rings. The quantitative estimate of drug-likeness (QED) is 0.812. The topological polar surface area (TPSA) is 54.0 Å². The summed E-state index contributed by atoms with van der Waals surface area (Å²) in [5.74, 6) is 0.539. The van der Waals surface area contributed by atoms with Gasteiger partial charge in [0, 0.05) is 51.6 Å². The van der Waals surface area contributed by atoms with Crippen LogP contribution < -0.4 is 5.32 Å². The molecule has 0 radical (unpaired) electrons. The third kappa shape index (κ3) is 4.91. The average molecular weight is 339 g/mol. The zero-order valence-electron chi connectivity index (χ0n) is 15.3. The van der Waals surface area contributed by atoms with Crippen LogP contribution in [0.2, 0.25) is 0 Å². The van der Waals surface area contributed by atoms with E-state index >= 15 is 0 Å². The van der Waals surface area contributed by atoms with Crippen LogP contribution in [0, 0.1) is 5.92 Å². The second-order valence-electron chi connectivity index (χ2n) is 7.92. The number of amides is 1. The molecule has 3 rings (SSSR count). The molecule has 1 saturated carbocycles. The fraction of sp³-hybridized carbons (Fsp3) is 0.944. The van der Waals surface area contributed by atoms with E-state index in [1.165, 1.54) is 0 Å². The molecule has 1 aliphatic carbocycles. The van der Waals surface area contributed by atoms with Gasteiger partial charge in [-0.1, -0.05) is 13.8 Å². The maximum atomic E-state index is 12.3. The summed E-state index contributed by atoms with van der Waals surface area (Å²) in [7, 11) is 0. The summed E-state index contributed by atoms with van der Waals surface area (Å²) in [6, 6.07) is 0.276. The monoisotopic (exact) mass is 339 g/mol. The summed E-state index contributed by atoms with van der Waals surface area (Å²) >= 11 is 0. The molecule has 1 amide bonds. The normalized spacial score (nSPS) is 26.3. The molecular formula is C18H33N3O3. The van der Waals surface area contributed by atoms with E-state index in [2.05, 4.69) is 29.0 Å². The number of rotatable bonds is 5. The van der Waals surface area contributed by atoms with Crippen LogP contribution in [-0.2, 0) is 14.3 Å². The number of carbonyl (C=O) groups is 1. The summed E-state index contributed by atoms with van der Waals surface area (Å²) in [4.78, 5) is 17.1. The zero-order valence-corrected chi connectivity index (χ0v) is 15.3. The highest BCUT2D eigenvalue weighted by Gasteiger charge is 2.40. The SMILES string of the molecule is CC(C)CN1CCN(CC(=O)NC2CCC3(CC2)OCCO3)CC1. The first-order valence-electron chi connectivity index (χ1n) is 9.57. The van der Waals surface area contributed by atoms with Gasteiger partial charge in [0.25, 0.3) is 0 Å². The van der Waals surface area contributed by atoms with E-state index in [1.807, 2.05) is 0 Å². The Balaban J connectivity index is 1.33. The van der Waals surface area contributed by atoms with Crippen LogP contribution in [0.5, 0.6) is 0 Å². The highest BCUT2D eigenvalue weighted by molar-refractivity contribution is 5.78. The van der Waals surface area contributed by atoms with Crippen molar-refractivity contribution in [3.05, 3.63) is 0 Å². The van der Waals surface area contributed by atoms with Crippen molar-refractivity contribution in [2.45, 2.75) is 51.4 Å². The van der Waals surface area contributed by atoms with Gasteiger partial charge in [-0.05, 0) is 18.8 Å². The van der Waals surface area contributed by atoms with Crippen LogP contribution in [0.4, 0.5) is 0 Å². The van der Waals surface area contributed by atoms with Gasteiger partial charge in [0.05, 0.1) is 19.8 Å². The van der Waals surface area contributed by atoms with Gasteiger partial charge >= 0.3 is 0 Å². The summed E-state index contributed by atoms with van der Waals surface area (Å²) in [6.45, 7) is 11.8. The van der Waals surface area contributed by atoms with Gasteiger partial charge in [0.2, 0.25) is 5.91 Å². The molecule has 2 aliphatic heterocycles. The molecule has 3 fully saturated rings. The van der Waals surface area contributed by atoms with Crippen LogP contribution in [0.15, 0.2) is 0 Å². The van der Waals surface area contributed by atoms with Crippen LogP contribution in [-0.4, -0.2) is 80.0 Å². The van der Waals surface area contributed by atoms with Crippen LogP contribution in [0.25, 0.3) is 0 Å². The molecule has 0 atom stereocenters. The lowest BCUT2D eigenvalue weighted by Gasteiger charge is -2.37. The number of nitrogens with one attached hydrogen (secondary N) is 1. The minimum Gasteiger partial charge on any atom is -0.352 e. The maximum Gasteiger partial charge on any atom is 0.234 e. The van der Waals surface area contributed by atoms with Crippen LogP contribution >= 0.6 is 0 Å². The second-order valence-corrected chi connectivity index (χ2v) is 7.92. The Kier molecular flexibility index (Phi) is 6.13. The van der Waals surface area contributed by atoms with E-state index in [1.54, 1.807) is 0 Å². The van der Waals surface area contributed by atoms with Crippen LogP contribution in [0.1, 0.15) is 39.5 Å². The Morgan fingerprint density at radius 3 is 2.25 bits per heavy atom. The molecular weight excluding hydrogens is 306 g/mol. The molecule has 24 heavy (non-hydrogen) atoms. The standard InChI is InChI=1S/C18H33N3O3/c1-15(2)13-20-7-9-21(10-8-20)14-17(22)19-16-3-5-18(6-4-16)23-11-12-24-18/h15-16H,3-14H2,1-2H3,(H,19,22). The molecule has 0 aromatic heterocycles. The van der Waals surface area contributed by atoms with E-state index in [0.29, 0.717) is 25.7 Å². The summed E-state index contributed by atoms with van der Waals surface area (Å²) in [5, 5.41) is 3.21. The number of carbonyl (C=O) groups excluding carboxylic acids is 1. The fourth-order valence-electron chi connectivity index (χ4n) is 4.11. The molecule has 6 heteroatoms. The zero-order chi connectivity index (χ0) is 17.0. The number of ether oxygens (including phenoxy) is 2. The first-order chi connectivity index (χ1) is 11.5. The third-order valence-corrected chi connectivity index (χ3v) is 5.38. The Labute approximate surface area is 145 Å². The lowest BCUT2D eigenvalue weighted by Crippen LogP contribution is -2.51. The van der Waals surface area contributed by atoms with Gasteiger partial charge in [-0.15, -0.1) is 0 Å². The Morgan fingerprint density at radius 1 is 1.08 bits per heavy atom. The lowest BCUT2D eigenvalue weighted by atomic mass is 9.90. The van der Waals surface area contributed by atoms with Gasteiger partial charge in [-0.2, -0.15) is 0 Å². The van der Waals surface area contributed by atoms with E-state index in [-0.39, 0.29) is 17.7 Å². The van der Waals surface area contributed by atoms with E-state index in [0.717, 1.165) is 58.4 Å². The molecule has 138 valence electrons. The molecule has 0 unspecified atom stereocenters. The Bertz CT molecular complexity index is 406. The van der Waals surface area contributed by atoms with Crippen molar-refractivity contribution >= 4 is 5.91 Å². The average Bonchev–Trinajstić information content (AvgIpc) is 3.00. The number of nitrogens with zero attached hydrogens (tertiary/aromatic N) is 2. The smallest absolute Gasteiger partial charge is 0.234 e. The first-order valence-corrected chi connectivity index (χ1v) is 9.57. The summed E-state index contributed by atoms with van der Waals surface area (Å²) < 4.78 is 11.5. The molecule has 1 spiro atoms. The van der Waals surface area contributed by atoms with Crippen molar-refractivity contribution in [3.8, 4) is 0 Å². The number of hydrogen-bond acceptors (Lipinski definition) is 5. The van der Waals surface area contributed by atoms with Crippen LogP contribution in [0.3, 0.4) is 0 Å². The molecule has 0 aromatic carbocycles. The van der Waals surface area contributed by atoms with Crippen molar-refractivity contribution in [2.75, 3.05) is 52.5 Å². The molecule has 6 nitrogen and oxygen atoms in total. The highest BCUT2D eigenvalue weighted by atomic mass is 16.7. The second kappa shape index (κ2) is 8.13. The molecule has 0 bridgehead atoms. The molecule has 2 heterocycles. The van der Waals surface area contributed by atoms with E-state index in [4.69, 9.17) is 9.47 Å². The molecule has 2 saturated heterocycles. The van der Waals surface area contributed by atoms with Crippen molar-refractivity contribution in [2.24, 2.45) is 5.92 Å². The van der Waals surface area contributed by atoms with Gasteiger partial charge in [-0.25, -0.2) is 0 Å². The van der Waals surface area contributed by atoms with Crippen molar-refractivity contribution in [1.82, 2.24) is 15.1 Å². The largest absolute Gasteiger partial charge is 0.352 e. The number of piperazine rings is 1. The number of hydrogen-bond donors (Lipinski definition) is 1. The minimum absolute atomic E-state index is 0.168. The van der Waals surface area contributed by atoms with Gasteiger partial charge in [0.15, 0.2) is 5.79 Å². The highest BCUT2D eigenvalue weighted by Crippen LogP contribution is 2.35. The summed E-state index contributed by atoms with van der Waals surface area (Å²) in [6.07, 6.45) is 3.69. The van der Waals surface area contributed by atoms with Crippen molar-refractivity contribution in [3.63, 3.8) is 0 Å². The van der Waals surface area contributed by atoms with Gasteiger partial charge in [0.1, 0.15) is 0 Å². The predicted octanol–water partition coefficient (Wildman–Crippen LogP) is 1.06. The van der Waals surface area contributed by atoms with Gasteiger partial charge in [-0.3, -0.25) is 9.69 Å². The summed E-state index contributed by atoms with van der Waals surface area (Å²) in [5.41, 5.74) is 0. The fourth-order valence-corrected chi connectivity index (χ4v) is 4.11. The van der Waals surface area contributed by atoms with Gasteiger partial charge < -0.3 is 19.7 Å². The first kappa shape index (κ1) is 18.1. The Hall–Kier alpha value is -0.690. The van der Waals surface area contributed by atoms with Crippen molar-refractivity contribution < 1.29 is 14.3 Å². The molecule has 1 N–H and O–H groups in total. The molecule has 3 aliphatic rings. The predicted molar refractivity (Wildman–Crippen MR) is 92.8 cm³/mol. The Morgan fingerprint density at radius 2 is 1.67 bits per heavy atom. The minimum atomic E-state index is -0.339. The maximum absolute atomic E-state index is 12.3. The lowest BCUT2D eigenvalue weighted by molar-refractivity contribution is -0.180. The van der Waals surface area contributed by atoms with E-state index in [9.17, 15) is 4.79 Å². The van der Waals surface area contributed by atoms with E-state index < -0.39 is 0 Å². The third-order valence-electron chi connectivity index (χ3n) is 5.38.